The average molecular weight is 250 g/mol. The van der Waals surface area contributed by atoms with E-state index in [4.69, 9.17) is 0 Å². The van der Waals surface area contributed by atoms with Gasteiger partial charge in [0.2, 0.25) is 0 Å². The molecule has 0 saturated heterocycles. The van der Waals surface area contributed by atoms with Crippen LogP contribution in [0.15, 0.2) is 24.3 Å². The van der Waals surface area contributed by atoms with E-state index in [-0.39, 0.29) is 0 Å². The first kappa shape index (κ1) is 17.5. The van der Waals surface area contributed by atoms with Gasteiger partial charge in [0.25, 0.3) is 0 Å². The molecular weight excluding hydrogens is 216 g/mol. The predicted octanol–water partition coefficient (Wildman–Crippen LogP) is 6.68. The van der Waals surface area contributed by atoms with E-state index in [2.05, 4.69) is 45.1 Å². The standard InChI is InChI=1S/C18H34/c1-4-5-6-7-8-9-10-11-12-13-14-15-16-17-18(2)3/h6-7,9-10,18H,4-5,8,11-17H2,1-3H3/b7-6+,10-9+. The van der Waals surface area contributed by atoms with E-state index in [9.17, 15) is 0 Å². The Bertz CT molecular complexity index is 198. The molecule has 0 rings (SSSR count). The molecule has 0 bridgehead atoms. The third-order valence-electron chi connectivity index (χ3n) is 3.21. The van der Waals surface area contributed by atoms with Crippen molar-refractivity contribution < 1.29 is 0 Å². The first-order valence-corrected chi connectivity index (χ1v) is 8.07. The van der Waals surface area contributed by atoms with E-state index in [0.29, 0.717) is 0 Å². The van der Waals surface area contributed by atoms with Crippen LogP contribution in [0.4, 0.5) is 0 Å². The molecule has 0 aliphatic rings. The van der Waals surface area contributed by atoms with Crippen LogP contribution in [0, 0.1) is 5.92 Å². The summed E-state index contributed by atoms with van der Waals surface area (Å²) in [6.45, 7) is 6.86. The lowest BCUT2D eigenvalue weighted by molar-refractivity contribution is 0.516. The highest BCUT2D eigenvalue weighted by atomic mass is 14.0. The summed E-state index contributed by atoms with van der Waals surface area (Å²) in [6, 6.07) is 0. The zero-order valence-corrected chi connectivity index (χ0v) is 13.0. The Hall–Kier alpha value is -0.520. The highest BCUT2D eigenvalue weighted by molar-refractivity contribution is 4.92. The van der Waals surface area contributed by atoms with E-state index in [1.807, 2.05) is 0 Å². The summed E-state index contributed by atoms with van der Waals surface area (Å²) in [7, 11) is 0. The summed E-state index contributed by atoms with van der Waals surface area (Å²) in [6.07, 6.45) is 22.6. The molecule has 0 aliphatic heterocycles. The number of hydrogen-bond donors (Lipinski definition) is 0. The van der Waals surface area contributed by atoms with Gasteiger partial charge in [-0.25, -0.2) is 0 Å². The summed E-state index contributed by atoms with van der Waals surface area (Å²) >= 11 is 0. The quantitative estimate of drug-likeness (QED) is 0.268. The molecule has 0 aromatic rings. The smallest absolute Gasteiger partial charge is 0.0169 e. The lowest BCUT2D eigenvalue weighted by Crippen LogP contribution is -1.86. The molecule has 0 aliphatic carbocycles. The normalized spacial score (nSPS) is 12.2. The summed E-state index contributed by atoms with van der Waals surface area (Å²) in [5, 5.41) is 0. The lowest BCUT2D eigenvalue weighted by Gasteiger charge is -2.03. The molecule has 0 nitrogen and oxygen atoms in total. The zero-order valence-electron chi connectivity index (χ0n) is 13.0. The van der Waals surface area contributed by atoms with Crippen molar-refractivity contribution in [1.82, 2.24) is 0 Å². The highest BCUT2D eigenvalue weighted by Gasteiger charge is 1.93. The molecule has 0 heterocycles. The second-order valence-corrected chi connectivity index (χ2v) is 5.71. The first-order valence-electron chi connectivity index (χ1n) is 8.07. The van der Waals surface area contributed by atoms with Crippen molar-refractivity contribution in [3.05, 3.63) is 24.3 Å². The van der Waals surface area contributed by atoms with Crippen LogP contribution in [0.2, 0.25) is 0 Å². The maximum Gasteiger partial charge on any atom is -0.0169 e. The Kier molecular flexibility index (Phi) is 14.1. The molecule has 0 aromatic carbocycles. The zero-order chi connectivity index (χ0) is 13.5. The van der Waals surface area contributed by atoms with E-state index in [0.717, 1.165) is 12.3 Å². The van der Waals surface area contributed by atoms with E-state index in [1.54, 1.807) is 0 Å². The molecule has 0 radical (unpaired) electrons. The molecule has 0 fully saturated rings. The van der Waals surface area contributed by atoms with Gasteiger partial charge in [-0.15, -0.1) is 0 Å². The molecule has 0 saturated carbocycles. The van der Waals surface area contributed by atoms with Crippen LogP contribution in [-0.4, -0.2) is 0 Å². The van der Waals surface area contributed by atoms with Crippen molar-refractivity contribution in [2.45, 2.75) is 85.0 Å². The summed E-state index contributed by atoms with van der Waals surface area (Å²) in [5.41, 5.74) is 0. The van der Waals surface area contributed by atoms with Crippen LogP contribution in [0.5, 0.6) is 0 Å². The topological polar surface area (TPSA) is 0 Å². The minimum Gasteiger partial charge on any atom is -0.0882 e. The number of unbranched alkanes of at least 4 members (excludes halogenated alkanes) is 6. The van der Waals surface area contributed by atoms with Gasteiger partial charge in [-0.3, -0.25) is 0 Å². The highest BCUT2D eigenvalue weighted by Crippen LogP contribution is 2.11. The van der Waals surface area contributed by atoms with E-state index < -0.39 is 0 Å². The van der Waals surface area contributed by atoms with Gasteiger partial charge in [-0.2, -0.15) is 0 Å². The average Bonchev–Trinajstić information content (AvgIpc) is 2.34. The lowest BCUT2D eigenvalue weighted by atomic mass is 10.0. The van der Waals surface area contributed by atoms with Crippen molar-refractivity contribution in [2.24, 2.45) is 5.92 Å². The molecule has 106 valence electrons. The second-order valence-electron chi connectivity index (χ2n) is 5.71. The fourth-order valence-corrected chi connectivity index (χ4v) is 2.02. The Morgan fingerprint density at radius 2 is 1.33 bits per heavy atom. The number of rotatable bonds is 12. The van der Waals surface area contributed by atoms with Crippen LogP contribution in [0.3, 0.4) is 0 Å². The van der Waals surface area contributed by atoms with Gasteiger partial charge in [0, 0.05) is 0 Å². The van der Waals surface area contributed by atoms with Gasteiger partial charge in [0.15, 0.2) is 0 Å². The predicted molar refractivity (Wildman–Crippen MR) is 85.0 cm³/mol. The third-order valence-corrected chi connectivity index (χ3v) is 3.21. The molecule has 0 heteroatoms. The van der Waals surface area contributed by atoms with Crippen molar-refractivity contribution in [2.75, 3.05) is 0 Å². The van der Waals surface area contributed by atoms with Gasteiger partial charge in [-0.1, -0.05) is 83.6 Å². The van der Waals surface area contributed by atoms with Crippen LogP contribution in [0.1, 0.15) is 85.0 Å². The fraction of sp³-hybridized carbons (Fsp3) is 0.778. The first-order chi connectivity index (χ1) is 8.77. The Balaban J connectivity index is 3.13. The van der Waals surface area contributed by atoms with Crippen molar-refractivity contribution in [3.8, 4) is 0 Å². The SMILES string of the molecule is CCC/C=C/C/C=C/CCCCCCCC(C)C. The minimum absolute atomic E-state index is 0.883. The van der Waals surface area contributed by atoms with Crippen molar-refractivity contribution in [3.63, 3.8) is 0 Å². The van der Waals surface area contributed by atoms with Gasteiger partial charge < -0.3 is 0 Å². The minimum atomic E-state index is 0.883. The number of hydrogen-bond acceptors (Lipinski definition) is 0. The monoisotopic (exact) mass is 250 g/mol. The summed E-state index contributed by atoms with van der Waals surface area (Å²) in [5.74, 6) is 0.883. The van der Waals surface area contributed by atoms with E-state index in [1.165, 1.54) is 57.8 Å². The van der Waals surface area contributed by atoms with Gasteiger partial charge >= 0.3 is 0 Å². The van der Waals surface area contributed by atoms with Gasteiger partial charge in [0.05, 0.1) is 0 Å². The molecular formula is C18H34. The maximum absolute atomic E-state index is 2.35. The van der Waals surface area contributed by atoms with E-state index >= 15 is 0 Å². The molecule has 0 unspecified atom stereocenters. The third kappa shape index (κ3) is 15.5. The van der Waals surface area contributed by atoms with Gasteiger partial charge in [0.1, 0.15) is 0 Å². The Morgan fingerprint density at radius 3 is 2.00 bits per heavy atom. The number of allylic oxidation sites excluding steroid dienone is 4. The summed E-state index contributed by atoms with van der Waals surface area (Å²) in [4.78, 5) is 0. The van der Waals surface area contributed by atoms with Crippen LogP contribution >= 0.6 is 0 Å². The van der Waals surface area contributed by atoms with Crippen molar-refractivity contribution >= 4 is 0 Å². The maximum atomic E-state index is 2.35. The second kappa shape index (κ2) is 14.5. The van der Waals surface area contributed by atoms with Crippen molar-refractivity contribution in [1.29, 1.82) is 0 Å². The molecule has 0 atom stereocenters. The fourth-order valence-electron chi connectivity index (χ4n) is 2.02. The molecule has 18 heavy (non-hydrogen) atoms. The largest absolute Gasteiger partial charge is 0.0882 e. The Labute approximate surface area is 116 Å². The van der Waals surface area contributed by atoms with Crippen LogP contribution in [0.25, 0.3) is 0 Å². The van der Waals surface area contributed by atoms with Crippen LogP contribution < -0.4 is 0 Å². The molecule has 0 N–H and O–H groups in total. The Morgan fingerprint density at radius 1 is 0.722 bits per heavy atom. The molecule has 0 aromatic heterocycles. The van der Waals surface area contributed by atoms with Crippen LogP contribution in [-0.2, 0) is 0 Å². The van der Waals surface area contributed by atoms with Gasteiger partial charge in [-0.05, 0) is 31.6 Å². The summed E-state index contributed by atoms with van der Waals surface area (Å²) < 4.78 is 0. The molecule has 0 amide bonds. The molecule has 0 spiro atoms.